The molecule has 0 saturated heterocycles. The van der Waals surface area contributed by atoms with Gasteiger partial charge in [0.1, 0.15) is 11.5 Å². The van der Waals surface area contributed by atoms with E-state index in [-0.39, 0.29) is 0 Å². The zero-order valence-corrected chi connectivity index (χ0v) is 11.0. The van der Waals surface area contributed by atoms with Crippen LogP contribution in [0, 0.1) is 0 Å². The van der Waals surface area contributed by atoms with Gasteiger partial charge in [-0.2, -0.15) is 0 Å². The highest BCUT2D eigenvalue weighted by Gasteiger charge is 1.93. The fourth-order valence-corrected chi connectivity index (χ4v) is 1.02. The van der Waals surface area contributed by atoms with E-state index in [0.717, 1.165) is 24.5 Å². The molecule has 0 fully saturated rings. The molecule has 0 atom stereocenters. The molecule has 0 aliphatic rings. The molecule has 1 rings (SSSR count). The third-order valence-electron chi connectivity index (χ3n) is 1.61. The number of hydrogen-bond donors (Lipinski definition) is 0. The summed E-state index contributed by atoms with van der Waals surface area (Å²) in [5.74, 6) is 1.80. The van der Waals surface area contributed by atoms with Crippen molar-refractivity contribution in [3.8, 4) is 11.5 Å². The van der Waals surface area contributed by atoms with Crippen LogP contribution in [0.2, 0.25) is 0 Å². The molecule has 0 unspecified atom stereocenters. The molecule has 0 amide bonds. The Kier molecular flexibility index (Phi) is 9.58. The number of benzene rings is 1. The largest absolute Gasteiger partial charge is 0.494 e. The molecule has 0 spiro atoms. The van der Waals surface area contributed by atoms with Crippen molar-refractivity contribution in [2.45, 2.75) is 40.5 Å². The van der Waals surface area contributed by atoms with Gasteiger partial charge in [0.2, 0.25) is 0 Å². The summed E-state index contributed by atoms with van der Waals surface area (Å²) in [6.07, 6.45) is 2.28. The van der Waals surface area contributed by atoms with Crippen molar-refractivity contribution in [3.63, 3.8) is 0 Å². The SMILES string of the molecule is CCC.CCCOc1ccc(OCC)cc1. The Bertz CT molecular complexity index is 241. The smallest absolute Gasteiger partial charge is 0.119 e. The third kappa shape index (κ3) is 7.16. The zero-order chi connectivity index (χ0) is 12.2. The lowest BCUT2D eigenvalue weighted by molar-refractivity contribution is 0.314. The molecule has 2 heteroatoms. The predicted molar refractivity (Wildman–Crippen MR) is 69.4 cm³/mol. The molecular weight excluding hydrogens is 200 g/mol. The molecule has 0 heterocycles. The normalized spacial score (nSPS) is 9.00. The molecule has 0 radical (unpaired) electrons. The van der Waals surface area contributed by atoms with Crippen molar-refractivity contribution in [1.29, 1.82) is 0 Å². The highest BCUT2D eigenvalue weighted by molar-refractivity contribution is 5.31. The van der Waals surface area contributed by atoms with Crippen LogP contribution in [0.25, 0.3) is 0 Å². The summed E-state index contributed by atoms with van der Waals surface area (Å²) in [6.45, 7) is 9.79. The number of ether oxygens (including phenoxy) is 2. The van der Waals surface area contributed by atoms with Crippen LogP contribution in [0.5, 0.6) is 11.5 Å². The molecule has 0 N–H and O–H groups in total. The highest BCUT2D eigenvalue weighted by Crippen LogP contribution is 2.17. The Balaban J connectivity index is 0.000000673. The van der Waals surface area contributed by atoms with E-state index >= 15 is 0 Å². The van der Waals surface area contributed by atoms with E-state index in [2.05, 4.69) is 20.8 Å². The third-order valence-corrected chi connectivity index (χ3v) is 1.61. The minimum absolute atomic E-state index is 0.704. The van der Waals surface area contributed by atoms with Gasteiger partial charge in [-0.15, -0.1) is 0 Å². The summed E-state index contributed by atoms with van der Waals surface area (Å²) in [5.41, 5.74) is 0. The van der Waals surface area contributed by atoms with Gasteiger partial charge in [-0.25, -0.2) is 0 Å². The first-order valence-corrected chi connectivity index (χ1v) is 6.14. The molecule has 0 aliphatic carbocycles. The van der Waals surface area contributed by atoms with E-state index in [1.807, 2.05) is 31.2 Å². The molecule has 2 nitrogen and oxygen atoms in total. The topological polar surface area (TPSA) is 18.5 Å². The van der Waals surface area contributed by atoms with Crippen molar-refractivity contribution in [3.05, 3.63) is 24.3 Å². The van der Waals surface area contributed by atoms with Crippen molar-refractivity contribution < 1.29 is 9.47 Å². The van der Waals surface area contributed by atoms with Gasteiger partial charge in [-0.3, -0.25) is 0 Å². The number of hydrogen-bond acceptors (Lipinski definition) is 2. The van der Waals surface area contributed by atoms with Crippen molar-refractivity contribution in [1.82, 2.24) is 0 Å². The van der Waals surface area contributed by atoms with Gasteiger partial charge in [-0.1, -0.05) is 27.2 Å². The maximum absolute atomic E-state index is 5.43. The first-order valence-electron chi connectivity index (χ1n) is 6.14. The van der Waals surface area contributed by atoms with E-state index in [9.17, 15) is 0 Å². The maximum atomic E-state index is 5.43. The first kappa shape index (κ1) is 14.8. The lowest BCUT2D eigenvalue weighted by Gasteiger charge is -2.06. The van der Waals surface area contributed by atoms with Gasteiger partial charge in [0.05, 0.1) is 13.2 Å². The Morgan fingerprint density at radius 2 is 1.25 bits per heavy atom. The van der Waals surface area contributed by atoms with Crippen LogP contribution in [0.1, 0.15) is 40.5 Å². The van der Waals surface area contributed by atoms with Crippen LogP contribution < -0.4 is 9.47 Å². The zero-order valence-electron chi connectivity index (χ0n) is 11.0. The van der Waals surface area contributed by atoms with E-state index < -0.39 is 0 Å². The Morgan fingerprint density at radius 3 is 1.62 bits per heavy atom. The van der Waals surface area contributed by atoms with Gasteiger partial charge in [0.25, 0.3) is 0 Å². The molecule has 16 heavy (non-hydrogen) atoms. The van der Waals surface area contributed by atoms with Crippen LogP contribution in [0.4, 0.5) is 0 Å². The quantitative estimate of drug-likeness (QED) is 0.742. The van der Waals surface area contributed by atoms with Crippen molar-refractivity contribution >= 4 is 0 Å². The second-order valence-electron chi connectivity index (χ2n) is 3.46. The minimum Gasteiger partial charge on any atom is -0.494 e. The fourth-order valence-electron chi connectivity index (χ4n) is 1.02. The lowest BCUT2D eigenvalue weighted by Crippen LogP contribution is -1.95. The highest BCUT2D eigenvalue weighted by atomic mass is 16.5. The first-order chi connectivity index (χ1) is 7.78. The van der Waals surface area contributed by atoms with Crippen molar-refractivity contribution in [2.24, 2.45) is 0 Å². The molecular formula is C14H24O2. The molecule has 1 aromatic carbocycles. The summed E-state index contributed by atoms with van der Waals surface area (Å²) in [5, 5.41) is 0. The van der Waals surface area contributed by atoms with Gasteiger partial charge >= 0.3 is 0 Å². The lowest BCUT2D eigenvalue weighted by atomic mass is 10.3. The van der Waals surface area contributed by atoms with E-state index in [1.165, 1.54) is 6.42 Å². The summed E-state index contributed by atoms with van der Waals surface area (Å²) in [7, 11) is 0. The van der Waals surface area contributed by atoms with E-state index in [0.29, 0.717) is 6.61 Å². The summed E-state index contributed by atoms with van der Waals surface area (Å²) in [6, 6.07) is 7.71. The van der Waals surface area contributed by atoms with E-state index in [4.69, 9.17) is 9.47 Å². The Hall–Kier alpha value is -1.18. The van der Waals surface area contributed by atoms with Gasteiger partial charge in [-0.05, 0) is 37.6 Å². The average Bonchev–Trinajstić information content (AvgIpc) is 2.30. The Labute approximate surface area is 99.6 Å². The second kappa shape index (κ2) is 10.3. The molecule has 92 valence electrons. The predicted octanol–water partition coefficient (Wildman–Crippen LogP) is 4.29. The molecule has 1 aromatic rings. The van der Waals surface area contributed by atoms with Crippen LogP contribution in [0.15, 0.2) is 24.3 Å². The Morgan fingerprint density at radius 1 is 0.812 bits per heavy atom. The van der Waals surface area contributed by atoms with Crippen molar-refractivity contribution in [2.75, 3.05) is 13.2 Å². The molecule has 0 saturated carbocycles. The molecule has 0 aliphatic heterocycles. The monoisotopic (exact) mass is 224 g/mol. The maximum Gasteiger partial charge on any atom is 0.119 e. The van der Waals surface area contributed by atoms with Crippen LogP contribution in [-0.4, -0.2) is 13.2 Å². The summed E-state index contributed by atoms with van der Waals surface area (Å²) >= 11 is 0. The van der Waals surface area contributed by atoms with Crippen LogP contribution in [0.3, 0.4) is 0 Å². The minimum atomic E-state index is 0.704. The van der Waals surface area contributed by atoms with Crippen LogP contribution >= 0.6 is 0 Å². The second-order valence-corrected chi connectivity index (χ2v) is 3.46. The number of rotatable bonds is 5. The molecule has 0 aromatic heterocycles. The van der Waals surface area contributed by atoms with Gasteiger partial charge < -0.3 is 9.47 Å². The molecule has 0 bridgehead atoms. The fraction of sp³-hybridized carbons (Fsp3) is 0.571. The van der Waals surface area contributed by atoms with Gasteiger partial charge in [0, 0.05) is 0 Å². The summed E-state index contributed by atoms with van der Waals surface area (Å²) in [4.78, 5) is 0. The standard InChI is InChI=1S/C11H16O2.C3H8/c1-3-9-13-11-7-5-10(6-8-11)12-4-2;1-3-2/h5-8H,3-4,9H2,1-2H3;3H2,1-2H3. The average molecular weight is 224 g/mol. The van der Waals surface area contributed by atoms with E-state index in [1.54, 1.807) is 0 Å². The van der Waals surface area contributed by atoms with Gasteiger partial charge in [0.15, 0.2) is 0 Å². The van der Waals surface area contributed by atoms with Crippen LogP contribution in [-0.2, 0) is 0 Å². The summed E-state index contributed by atoms with van der Waals surface area (Å²) < 4.78 is 10.7.